The lowest BCUT2D eigenvalue weighted by Crippen LogP contribution is -2.52. The predicted octanol–water partition coefficient (Wildman–Crippen LogP) is 2.00. The third-order valence-corrected chi connectivity index (χ3v) is 4.51. The molecule has 124 valence electrons. The summed E-state index contributed by atoms with van der Waals surface area (Å²) in [6, 6.07) is 7.47. The monoisotopic (exact) mass is 333 g/mol. The van der Waals surface area contributed by atoms with Gasteiger partial charge in [0.1, 0.15) is 5.82 Å². The zero-order valence-corrected chi connectivity index (χ0v) is 14.0. The summed E-state index contributed by atoms with van der Waals surface area (Å²) in [6.07, 6.45) is 7.44. The first-order chi connectivity index (χ1) is 11.2. The number of benzene rings is 1. The first-order valence-corrected chi connectivity index (χ1v) is 8.58. The molecule has 0 aliphatic carbocycles. The van der Waals surface area contributed by atoms with E-state index >= 15 is 0 Å². The molecule has 2 heterocycles. The Kier molecular flexibility index (Phi) is 5.20. The Morgan fingerprint density at radius 3 is 2.96 bits per heavy atom. The van der Waals surface area contributed by atoms with Gasteiger partial charge in [0, 0.05) is 23.3 Å². The lowest BCUT2D eigenvalue weighted by molar-refractivity contribution is 0.329. The van der Waals surface area contributed by atoms with Crippen LogP contribution < -0.4 is 16.4 Å². The minimum absolute atomic E-state index is 0.652. The van der Waals surface area contributed by atoms with Crippen LogP contribution in [0.2, 0.25) is 5.02 Å². The van der Waals surface area contributed by atoms with Crippen molar-refractivity contribution in [3.63, 3.8) is 0 Å². The molecule has 1 atom stereocenters. The number of hydrogen-bond donors (Lipinski definition) is 3. The third kappa shape index (κ3) is 4.25. The summed E-state index contributed by atoms with van der Waals surface area (Å²) in [5.41, 5.74) is 7.23. The van der Waals surface area contributed by atoms with Gasteiger partial charge in [-0.3, -0.25) is 5.73 Å². The summed E-state index contributed by atoms with van der Waals surface area (Å²) in [5, 5.41) is 7.32. The van der Waals surface area contributed by atoms with Crippen molar-refractivity contribution < 1.29 is 0 Å². The summed E-state index contributed by atoms with van der Waals surface area (Å²) in [6.45, 7) is 4.55. The fraction of sp³-hybridized carbons (Fsp3) is 0.471. The Hall–Kier alpha value is -1.56. The number of hydrogen-bond acceptors (Lipinski definition) is 5. The molecule has 6 heteroatoms. The van der Waals surface area contributed by atoms with Crippen LogP contribution in [0.1, 0.15) is 24.8 Å². The van der Waals surface area contributed by atoms with Crippen molar-refractivity contribution in [2.24, 2.45) is 10.7 Å². The molecule has 1 aromatic carbocycles. The van der Waals surface area contributed by atoms with Gasteiger partial charge in [0.2, 0.25) is 5.79 Å². The van der Waals surface area contributed by atoms with E-state index in [4.69, 9.17) is 17.3 Å². The van der Waals surface area contributed by atoms with Crippen LogP contribution >= 0.6 is 11.6 Å². The van der Waals surface area contributed by atoms with Crippen LogP contribution in [0.25, 0.3) is 0 Å². The summed E-state index contributed by atoms with van der Waals surface area (Å²) in [5.74, 6) is -0.0828. The van der Waals surface area contributed by atoms with Crippen LogP contribution in [0.15, 0.2) is 41.2 Å². The Balaban J connectivity index is 1.51. The van der Waals surface area contributed by atoms with Crippen LogP contribution in [-0.4, -0.2) is 37.3 Å². The fourth-order valence-electron chi connectivity index (χ4n) is 3.02. The van der Waals surface area contributed by atoms with E-state index in [1.54, 1.807) is 6.21 Å². The van der Waals surface area contributed by atoms with Crippen molar-refractivity contribution in [1.29, 1.82) is 0 Å². The van der Waals surface area contributed by atoms with Crippen LogP contribution in [0.4, 0.5) is 0 Å². The number of nitrogens with zero attached hydrogens (tertiary/aromatic N) is 2. The minimum atomic E-state index is -0.975. The second kappa shape index (κ2) is 7.34. The molecule has 0 spiro atoms. The summed E-state index contributed by atoms with van der Waals surface area (Å²) in [4.78, 5) is 6.89. The molecule has 1 fully saturated rings. The molecule has 5 nitrogen and oxygen atoms in total. The molecular weight excluding hydrogens is 310 g/mol. The van der Waals surface area contributed by atoms with Gasteiger partial charge in [0.25, 0.3) is 0 Å². The molecule has 23 heavy (non-hydrogen) atoms. The second-order valence-corrected chi connectivity index (χ2v) is 6.53. The van der Waals surface area contributed by atoms with Crippen molar-refractivity contribution in [2.75, 3.05) is 26.2 Å². The van der Waals surface area contributed by atoms with Crippen LogP contribution in [0, 0.1) is 0 Å². The van der Waals surface area contributed by atoms with Gasteiger partial charge in [0.15, 0.2) is 0 Å². The molecule has 1 saturated heterocycles. The highest BCUT2D eigenvalue weighted by atomic mass is 35.5. The Labute approximate surface area is 142 Å². The molecule has 0 saturated carbocycles. The summed E-state index contributed by atoms with van der Waals surface area (Å²) < 4.78 is 0. The molecule has 1 aromatic rings. The molecule has 0 amide bonds. The number of nitrogens with two attached hydrogens (primary N) is 1. The van der Waals surface area contributed by atoms with Crippen LogP contribution in [0.3, 0.4) is 0 Å². The van der Waals surface area contributed by atoms with E-state index < -0.39 is 5.79 Å². The lowest BCUT2D eigenvalue weighted by Gasteiger charge is -2.32. The molecule has 0 radical (unpaired) electrons. The van der Waals surface area contributed by atoms with Crippen molar-refractivity contribution in [3.05, 3.63) is 46.7 Å². The first kappa shape index (κ1) is 16.3. The van der Waals surface area contributed by atoms with Gasteiger partial charge in [-0.15, -0.1) is 0 Å². The second-order valence-electron chi connectivity index (χ2n) is 6.09. The highest BCUT2D eigenvalue weighted by molar-refractivity contribution is 6.30. The number of aliphatic imine (C=N–C) groups is 1. The summed E-state index contributed by atoms with van der Waals surface area (Å²) >= 11 is 6.06. The molecule has 3 rings (SSSR count). The Morgan fingerprint density at radius 1 is 1.35 bits per heavy atom. The molecular formula is C17H24ClN5. The molecule has 2 aliphatic rings. The van der Waals surface area contributed by atoms with Crippen molar-refractivity contribution in [2.45, 2.75) is 25.0 Å². The minimum Gasteiger partial charge on any atom is -0.372 e. The van der Waals surface area contributed by atoms with Gasteiger partial charge in [-0.05, 0) is 57.1 Å². The number of halogens is 1. The van der Waals surface area contributed by atoms with Gasteiger partial charge < -0.3 is 15.5 Å². The highest BCUT2D eigenvalue weighted by Gasteiger charge is 2.28. The van der Waals surface area contributed by atoms with Crippen molar-refractivity contribution >= 4 is 17.8 Å². The molecule has 4 N–H and O–H groups in total. The Morgan fingerprint density at radius 2 is 2.17 bits per heavy atom. The number of rotatable bonds is 6. The first-order valence-electron chi connectivity index (χ1n) is 8.21. The topological polar surface area (TPSA) is 65.7 Å². The average molecular weight is 334 g/mol. The number of likely N-dealkylation sites (tertiary alicyclic amines) is 1. The van der Waals surface area contributed by atoms with E-state index in [0.29, 0.717) is 5.02 Å². The normalized spacial score (nSPS) is 24.3. The van der Waals surface area contributed by atoms with E-state index in [-0.39, 0.29) is 0 Å². The fourth-order valence-corrected chi connectivity index (χ4v) is 3.21. The molecule has 0 bridgehead atoms. The number of allylic oxidation sites excluding steroid dienone is 1. The van der Waals surface area contributed by atoms with E-state index in [1.807, 2.05) is 30.3 Å². The Bertz CT molecular complexity index is 594. The smallest absolute Gasteiger partial charge is 0.210 e. The SMILES string of the molecule is NC1(c2cccc(Cl)c2)N=CC=C(NCCCN2CCCC2)N1. The maximum absolute atomic E-state index is 6.39. The average Bonchev–Trinajstić information content (AvgIpc) is 3.05. The van der Waals surface area contributed by atoms with E-state index in [0.717, 1.165) is 30.9 Å². The quantitative estimate of drug-likeness (QED) is 0.697. The van der Waals surface area contributed by atoms with E-state index in [2.05, 4.69) is 20.5 Å². The highest BCUT2D eigenvalue weighted by Crippen LogP contribution is 2.22. The van der Waals surface area contributed by atoms with Gasteiger partial charge in [-0.2, -0.15) is 0 Å². The largest absolute Gasteiger partial charge is 0.372 e. The zero-order chi connectivity index (χ0) is 16.1. The molecule has 2 aliphatic heterocycles. The van der Waals surface area contributed by atoms with Gasteiger partial charge in [-0.25, -0.2) is 4.99 Å². The lowest BCUT2D eigenvalue weighted by atomic mass is 10.1. The van der Waals surface area contributed by atoms with Crippen molar-refractivity contribution in [3.8, 4) is 0 Å². The van der Waals surface area contributed by atoms with Crippen molar-refractivity contribution in [1.82, 2.24) is 15.5 Å². The van der Waals surface area contributed by atoms with E-state index in [9.17, 15) is 0 Å². The summed E-state index contributed by atoms with van der Waals surface area (Å²) in [7, 11) is 0. The van der Waals surface area contributed by atoms with Gasteiger partial charge in [-0.1, -0.05) is 23.7 Å². The van der Waals surface area contributed by atoms with Crippen LogP contribution in [0.5, 0.6) is 0 Å². The van der Waals surface area contributed by atoms with Gasteiger partial charge in [0.05, 0.1) is 0 Å². The predicted molar refractivity (Wildman–Crippen MR) is 95.3 cm³/mol. The van der Waals surface area contributed by atoms with Crippen LogP contribution in [-0.2, 0) is 5.79 Å². The maximum atomic E-state index is 6.39. The standard InChI is InChI=1S/C17H24ClN5/c18-15-6-3-5-14(13-15)17(19)21-9-7-16(22-17)20-8-4-12-23-10-1-2-11-23/h3,5-7,9,13,20,22H,1-2,4,8,10-12,19H2. The number of nitrogens with one attached hydrogen (secondary N) is 2. The third-order valence-electron chi connectivity index (χ3n) is 4.27. The zero-order valence-electron chi connectivity index (χ0n) is 13.3. The molecule has 1 unspecified atom stereocenters. The van der Waals surface area contributed by atoms with Gasteiger partial charge >= 0.3 is 0 Å². The molecule has 0 aromatic heterocycles. The van der Waals surface area contributed by atoms with E-state index in [1.165, 1.54) is 25.9 Å². The maximum Gasteiger partial charge on any atom is 0.210 e.